The maximum atomic E-state index is 13.2. The molecule has 2 N–H and O–H groups in total. The van der Waals surface area contributed by atoms with Crippen LogP contribution in [0.1, 0.15) is 5.56 Å². The monoisotopic (exact) mass is 402 g/mol. The van der Waals surface area contributed by atoms with Crippen molar-refractivity contribution in [1.82, 2.24) is 19.5 Å². The summed E-state index contributed by atoms with van der Waals surface area (Å²) in [4.78, 5) is 35.7. The number of fused-ring (bicyclic) bond motifs is 5. The molecule has 5 aromatic rings. The first-order valence-corrected chi connectivity index (χ1v) is 9.32. The van der Waals surface area contributed by atoms with Crippen molar-refractivity contribution in [3.63, 3.8) is 0 Å². The van der Waals surface area contributed by atoms with Crippen LogP contribution in [0.4, 0.5) is 0 Å². The quantitative estimate of drug-likeness (QED) is 0.481. The van der Waals surface area contributed by atoms with E-state index in [1.807, 2.05) is 18.2 Å². The zero-order valence-electron chi connectivity index (χ0n) is 16.4. The number of ether oxygens (including phenoxy) is 2. The zero-order valence-corrected chi connectivity index (χ0v) is 16.4. The molecule has 0 saturated heterocycles. The Kier molecular flexibility index (Phi) is 4.06. The first-order valence-electron chi connectivity index (χ1n) is 9.32. The molecule has 4 aromatic heterocycles. The number of aromatic amines is 2. The van der Waals surface area contributed by atoms with Gasteiger partial charge in [-0.2, -0.15) is 0 Å². The van der Waals surface area contributed by atoms with Gasteiger partial charge in [0.2, 0.25) is 0 Å². The lowest BCUT2D eigenvalue weighted by Crippen LogP contribution is -2.20. The molecule has 1 aromatic carbocycles. The number of rotatable bonds is 4. The maximum Gasteiger partial charge on any atom is 0.275 e. The Bertz CT molecular complexity index is 1540. The molecular weight excluding hydrogens is 384 g/mol. The summed E-state index contributed by atoms with van der Waals surface area (Å²) in [6.07, 6.45) is 4.87. The van der Waals surface area contributed by atoms with Crippen LogP contribution in [0.25, 0.3) is 32.7 Å². The fourth-order valence-electron chi connectivity index (χ4n) is 3.82. The van der Waals surface area contributed by atoms with E-state index in [1.165, 1.54) is 6.20 Å². The average molecular weight is 402 g/mol. The Morgan fingerprint density at radius 2 is 1.77 bits per heavy atom. The summed E-state index contributed by atoms with van der Waals surface area (Å²) in [5, 5.41) is 1.87. The third-order valence-corrected chi connectivity index (χ3v) is 5.34. The van der Waals surface area contributed by atoms with Crippen LogP contribution in [0.5, 0.6) is 11.5 Å². The molecule has 0 spiro atoms. The molecule has 0 aliphatic carbocycles. The second kappa shape index (κ2) is 6.77. The standard InChI is InChI=1S/C22H18N4O4/c1-29-13-4-3-12(17(9-13)30-2)11-26-8-6-15-19-18(24-20(15)22(26)28)14-5-7-23-10-16(14)21(27)25-19/h3-10,24H,11H2,1-2H3,(H,25,27). The van der Waals surface area contributed by atoms with Crippen molar-refractivity contribution in [2.24, 2.45) is 0 Å². The third kappa shape index (κ3) is 2.65. The van der Waals surface area contributed by atoms with Crippen molar-refractivity contribution in [3.05, 3.63) is 75.2 Å². The highest BCUT2D eigenvalue weighted by molar-refractivity contribution is 6.14. The molecule has 0 atom stereocenters. The molecule has 8 nitrogen and oxygen atoms in total. The van der Waals surface area contributed by atoms with Crippen molar-refractivity contribution >= 4 is 32.7 Å². The molecular formula is C22H18N4O4. The number of methoxy groups -OCH3 is 2. The predicted octanol–water partition coefficient (Wildman–Crippen LogP) is 2.78. The molecule has 0 aliphatic rings. The fraction of sp³-hybridized carbons (Fsp3) is 0.136. The topological polar surface area (TPSA) is 102 Å². The summed E-state index contributed by atoms with van der Waals surface area (Å²) in [5.41, 5.74) is 2.17. The van der Waals surface area contributed by atoms with E-state index in [-0.39, 0.29) is 11.1 Å². The molecule has 0 bridgehead atoms. The van der Waals surface area contributed by atoms with Gasteiger partial charge in [-0.3, -0.25) is 14.6 Å². The highest BCUT2D eigenvalue weighted by atomic mass is 16.5. The van der Waals surface area contributed by atoms with Gasteiger partial charge in [0.25, 0.3) is 11.1 Å². The lowest BCUT2D eigenvalue weighted by molar-refractivity contribution is 0.390. The van der Waals surface area contributed by atoms with Crippen molar-refractivity contribution in [2.75, 3.05) is 14.2 Å². The molecule has 0 saturated carbocycles. The number of hydrogen-bond acceptors (Lipinski definition) is 5. The van der Waals surface area contributed by atoms with Crippen LogP contribution in [0.15, 0.2) is 58.5 Å². The van der Waals surface area contributed by atoms with Crippen LogP contribution in [0, 0.1) is 0 Å². The van der Waals surface area contributed by atoms with E-state index in [0.29, 0.717) is 45.4 Å². The highest BCUT2D eigenvalue weighted by Crippen LogP contribution is 2.27. The fourth-order valence-corrected chi connectivity index (χ4v) is 3.82. The van der Waals surface area contributed by atoms with Gasteiger partial charge in [0, 0.05) is 41.0 Å². The second-order valence-electron chi connectivity index (χ2n) is 6.97. The van der Waals surface area contributed by atoms with Gasteiger partial charge >= 0.3 is 0 Å². The Morgan fingerprint density at radius 1 is 0.933 bits per heavy atom. The van der Waals surface area contributed by atoms with Crippen molar-refractivity contribution in [2.45, 2.75) is 6.54 Å². The number of H-pyrrole nitrogens is 2. The average Bonchev–Trinajstić information content (AvgIpc) is 3.15. The minimum absolute atomic E-state index is 0.190. The molecule has 0 radical (unpaired) electrons. The molecule has 30 heavy (non-hydrogen) atoms. The van der Waals surface area contributed by atoms with Crippen LogP contribution in [0.3, 0.4) is 0 Å². The minimum atomic E-state index is -0.237. The summed E-state index contributed by atoms with van der Waals surface area (Å²) >= 11 is 0. The van der Waals surface area contributed by atoms with E-state index in [0.717, 1.165) is 10.9 Å². The first kappa shape index (κ1) is 18.0. The van der Waals surface area contributed by atoms with Crippen LogP contribution in [-0.4, -0.2) is 33.7 Å². The summed E-state index contributed by atoms with van der Waals surface area (Å²) < 4.78 is 12.3. The molecule has 5 rings (SSSR count). The number of nitrogens with one attached hydrogen (secondary N) is 2. The molecule has 8 heteroatoms. The van der Waals surface area contributed by atoms with Gasteiger partial charge in [0.15, 0.2) is 0 Å². The smallest absolute Gasteiger partial charge is 0.275 e. The van der Waals surface area contributed by atoms with Crippen molar-refractivity contribution in [3.8, 4) is 11.5 Å². The Balaban J connectivity index is 1.70. The number of pyridine rings is 3. The molecule has 150 valence electrons. The van der Waals surface area contributed by atoms with E-state index in [1.54, 1.807) is 43.3 Å². The van der Waals surface area contributed by atoms with Crippen LogP contribution in [-0.2, 0) is 6.54 Å². The lowest BCUT2D eigenvalue weighted by Gasteiger charge is -2.12. The normalized spacial score (nSPS) is 11.4. The Morgan fingerprint density at radius 3 is 2.57 bits per heavy atom. The summed E-state index contributed by atoms with van der Waals surface area (Å²) in [6.45, 7) is 0.332. The van der Waals surface area contributed by atoms with E-state index < -0.39 is 0 Å². The van der Waals surface area contributed by atoms with Crippen LogP contribution in [0.2, 0.25) is 0 Å². The van der Waals surface area contributed by atoms with Crippen molar-refractivity contribution in [1.29, 1.82) is 0 Å². The number of aromatic nitrogens is 4. The first-order chi connectivity index (χ1) is 14.6. The van der Waals surface area contributed by atoms with Gasteiger partial charge in [-0.15, -0.1) is 0 Å². The van der Waals surface area contributed by atoms with Gasteiger partial charge < -0.3 is 24.0 Å². The third-order valence-electron chi connectivity index (χ3n) is 5.34. The summed E-state index contributed by atoms with van der Waals surface area (Å²) in [5.74, 6) is 1.32. The lowest BCUT2D eigenvalue weighted by atomic mass is 10.1. The Hall–Kier alpha value is -4.07. The highest BCUT2D eigenvalue weighted by Gasteiger charge is 2.15. The van der Waals surface area contributed by atoms with Gasteiger partial charge in [-0.1, -0.05) is 0 Å². The van der Waals surface area contributed by atoms with E-state index in [9.17, 15) is 9.59 Å². The molecule has 0 fully saturated rings. The maximum absolute atomic E-state index is 13.2. The van der Waals surface area contributed by atoms with Gasteiger partial charge in [0.1, 0.15) is 17.0 Å². The van der Waals surface area contributed by atoms with Crippen LogP contribution < -0.4 is 20.6 Å². The SMILES string of the molecule is COc1ccc(Cn2ccc3c([nH]c4c5ccncc5c(=O)[nH]c34)c2=O)c(OC)c1. The zero-order chi connectivity index (χ0) is 20.8. The molecule has 4 heterocycles. The van der Waals surface area contributed by atoms with Gasteiger partial charge in [-0.05, 0) is 24.3 Å². The Labute approximate surface area is 169 Å². The number of benzene rings is 1. The largest absolute Gasteiger partial charge is 0.497 e. The number of hydrogen-bond donors (Lipinski definition) is 2. The molecule has 0 unspecified atom stereocenters. The van der Waals surface area contributed by atoms with Gasteiger partial charge in [-0.25, -0.2) is 0 Å². The van der Waals surface area contributed by atoms with E-state index >= 15 is 0 Å². The summed E-state index contributed by atoms with van der Waals surface area (Å²) in [7, 11) is 3.17. The number of nitrogens with zero attached hydrogens (tertiary/aromatic N) is 2. The minimum Gasteiger partial charge on any atom is -0.497 e. The molecule has 0 amide bonds. The van der Waals surface area contributed by atoms with Crippen LogP contribution >= 0.6 is 0 Å². The second-order valence-corrected chi connectivity index (χ2v) is 6.97. The predicted molar refractivity (Wildman–Crippen MR) is 115 cm³/mol. The summed E-state index contributed by atoms with van der Waals surface area (Å²) in [6, 6.07) is 9.08. The molecule has 0 aliphatic heterocycles. The van der Waals surface area contributed by atoms with Gasteiger partial charge in [0.05, 0.1) is 37.2 Å². The van der Waals surface area contributed by atoms with Crippen molar-refractivity contribution < 1.29 is 9.47 Å². The van der Waals surface area contributed by atoms with E-state index in [4.69, 9.17) is 9.47 Å². The van der Waals surface area contributed by atoms with E-state index in [2.05, 4.69) is 15.0 Å².